The number of halogens is 1. The molecule has 3 rings (SSSR count). The highest BCUT2D eigenvalue weighted by molar-refractivity contribution is 6.32. The highest BCUT2D eigenvalue weighted by Gasteiger charge is 2.09. The Hall–Kier alpha value is -3.51. The van der Waals surface area contributed by atoms with Gasteiger partial charge in [-0.1, -0.05) is 29.8 Å². The zero-order valence-corrected chi connectivity index (χ0v) is 15.5. The molecule has 0 fully saturated rings. The van der Waals surface area contributed by atoms with Gasteiger partial charge in [-0.05, 0) is 54.6 Å². The molecule has 0 aliphatic carbocycles. The number of amides is 2. The van der Waals surface area contributed by atoms with Crippen LogP contribution in [0.3, 0.4) is 0 Å². The van der Waals surface area contributed by atoms with Crippen molar-refractivity contribution in [1.29, 1.82) is 0 Å². The quantitative estimate of drug-likeness (QED) is 0.624. The second-order valence-corrected chi connectivity index (χ2v) is 6.20. The third-order valence-corrected chi connectivity index (χ3v) is 3.97. The number of rotatable bonds is 7. The molecule has 0 heterocycles. The average Bonchev–Trinajstić information content (AvgIpc) is 2.70. The van der Waals surface area contributed by atoms with Crippen molar-refractivity contribution in [3.8, 4) is 17.2 Å². The number of primary amides is 1. The molecule has 0 spiro atoms. The summed E-state index contributed by atoms with van der Waals surface area (Å²) < 4.78 is 10.9. The Morgan fingerprint density at radius 2 is 1.68 bits per heavy atom. The van der Waals surface area contributed by atoms with Crippen molar-refractivity contribution < 1.29 is 19.1 Å². The van der Waals surface area contributed by atoms with Gasteiger partial charge in [0.25, 0.3) is 11.8 Å². The molecule has 3 N–H and O–H groups in total. The fraction of sp³-hybridized carbons (Fsp3) is 0.0476. The number of nitrogens with one attached hydrogen (secondary N) is 1. The summed E-state index contributed by atoms with van der Waals surface area (Å²) in [6.45, 7) is -0.252. The summed E-state index contributed by atoms with van der Waals surface area (Å²) in [6.07, 6.45) is 0. The molecule has 0 atom stereocenters. The van der Waals surface area contributed by atoms with Crippen LogP contribution in [0.5, 0.6) is 17.2 Å². The summed E-state index contributed by atoms with van der Waals surface area (Å²) in [7, 11) is 0. The van der Waals surface area contributed by atoms with Crippen LogP contribution < -0.4 is 20.5 Å². The van der Waals surface area contributed by atoms with E-state index in [1.165, 1.54) is 6.07 Å². The third-order valence-electron chi connectivity index (χ3n) is 3.65. The van der Waals surface area contributed by atoms with Gasteiger partial charge in [-0.15, -0.1) is 0 Å². The van der Waals surface area contributed by atoms with E-state index in [-0.39, 0.29) is 12.5 Å². The van der Waals surface area contributed by atoms with E-state index in [0.717, 1.165) is 0 Å². The number of carbonyl (C=O) groups excluding carboxylic acids is 2. The van der Waals surface area contributed by atoms with E-state index in [0.29, 0.717) is 33.5 Å². The first kappa shape index (κ1) is 19.3. The van der Waals surface area contributed by atoms with E-state index in [2.05, 4.69) is 5.32 Å². The number of nitrogens with two attached hydrogens (primary N) is 1. The first-order valence-electron chi connectivity index (χ1n) is 8.36. The van der Waals surface area contributed by atoms with Gasteiger partial charge < -0.3 is 20.5 Å². The van der Waals surface area contributed by atoms with Gasteiger partial charge in [0.1, 0.15) is 17.2 Å². The van der Waals surface area contributed by atoms with Crippen molar-refractivity contribution in [3.63, 3.8) is 0 Å². The van der Waals surface area contributed by atoms with Crippen molar-refractivity contribution in [3.05, 3.63) is 83.4 Å². The highest BCUT2D eigenvalue weighted by Crippen LogP contribution is 2.29. The number of hydrogen-bond donors (Lipinski definition) is 2. The summed E-state index contributed by atoms with van der Waals surface area (Å²) in [5.41, 5.74) is 6.03. The largest absolute Gasteiger partial charge is 0.484 e. The van der Waals surface area contributed by atoms with Crippen LogP contribution in [0.2, 0.25) is 5.02 Å². The van der Waals surface area contributed by atoms with Gasteiger partial charge in [0.2, 0.25) is 0 Å². The molecule has 0 unspecified atom stereocenters. The highest BCUT2D eigenvalue weighted by atomic mass is 35.5. The van der Waals surface area contributed by atoms with Gasteiger partial charge in [-0.3, -0.25) is 9.59 Å². The lowest BCUT2D eigenvalue weighted by Gasteiger charge is -2.10. The Balaban J connectivity index is 1.64. The SMILES string of the molecule is NC(=O)COc1cccc(C(=O)Nc2ccc(Oc3ccccc3Cl)cc2)c1. The Kier molecular flexibility index (Phi) is 6.14. The van der Waals surface area contributed by atoms with E-state index < -0.39 is 5.91 Å². The number of para-hydroxylation sites is 1. The standard InChI is InChI=1S/C21H17ClN2O4/c22-18-6-1-2-7-19(18)28-16-10-8-15(9-11-16)24-21(26)14-4-3-5-17(12-14)27-13-20(23)25/h1-12H,13H2,(H2,23,25)(H,24,26). The van der Waals surface area contributed by atoms with E-state index in [1.54, 1.807) is 54.6 Å². The maximum absolute atomic E-state index is 12.4. The van der Waals surface area contributed by atoms with Crippen LogP contribution in [0.25, 0.3) is 0 Å². The van der Waals surface area contributed by atoms with Crippen LogP contribution in [0.4, 0.5) is 5.69 Å². The lowest BCUT2D eigenvalue weighted by molar-refractivity contribution is -0.119. The fourth-order valence-corrected chi connectivity index (χ4v) is 2.52. The minimum Gasteiger partial charge on any atom is -0.484 e. The second-order valence-electron chi connectivity index (χ2n) is 5.79. The maximum Gasteiger partial charge on any atom is 0.255 e. The minimum absolute atomic E-state index is 0.252. The van der Waals surface area contributed by atoms with Gasteiger partial charge in [0, 0.05) is 11.3 Å². The van der Waals surface area contributed by atoms with Crippen molar-refractivity contribution in [2.45, 2.75) is 0 Å². The zero-order chi connectivity index (χ0) is 19.9. The zero-order valence-electron chi connectivity index (χ0n) is 14.7. The molecule has 0 saturated carbocycles. The molecule has 142 valence electrons. The van der Waals surface area contributed by atoms with E-state index >= 15 is 0 Å². The van der Waals surface area contributed by atoms with Crippen molar-refractivity contribution >= 4 is 29.1 Å². The minimum atomic E-state index is -0.589. The smallest absolute Gasteiger partial charge is 0.255 e. The monoisotopic (exact) mass is 396 g/mol. The molecule has 0 radical (unpaired) electrons. The summed E-state index contributed by atoms with van der Waals surface area (Å²) in [5.74, 6) is 0.620. The Morgan fingerprint density at radius 1 is 0.929 bits per heavy atom. The van der Waals surface area contributed by atoms with Gasteiger partial charge >= 0.3 is 0 Å². The third kappa shape index (κ3) is 5.25. The summed E-state index contributed by atoms with van der Waals surface area (Å²) in [4.78, 5) is 23.2. The molecule has 28 heavy (non-hydrogen) atoms. The van der Waals surface area contributed by atoms with Gasteiger partial charge in [0.15, 0.2) is 6.61 Å². The number of carbonyl (C=O) groups is 2. The average molecular weight is 397 g/mol. The van der Waals surface area contributed by atoms with E-state index in [4.69, 9.17) is 26.8 Å². The molecule has 6 nitrogen and oxygen atoms in total. The maximum atomic E-state index is 12.4. The predicted molar refractivity (Wildman–Crippen MR) is 107 cm³/mol. The molecule has 0 aromatic heterocycles. The van der Waals surface area contributed by atoms with Crippen molar-refractivity contribution in [2.24, 2.45) is 5.73 Å². The lowest BCUT2D eigenvalue weighted by atomic mass is 10.2. The second kappa shape index (κ2) is 8.92. The molecule has 3 aromatic rings. The molecular weight excluding hydrogens is 380 g/mol. The van der Waals surface area contributed by atoms with Crippen LogP contribution in [-0.4, -0.2) is 18.4 Å². The molecule has 0 saturated heterocycles. The van der Waals surface area contributed by atoms with Crippen LogP contribution in [-0.2, 0) is 4.79 Å². The molecule has 0 aliphatic heterocycles. The molecule has 3 aromatic carbocycles. The van der Waals surface area contributed by atoms with Crippen molar-refractivity contribution in [1.82, 2.24) is 0 Å². The number of ether oxygens (including phenoxy) is 2. The Bertz CT molecular complexity index is 990. The lowest BCUT2D eigenvalue weighted by Crippen LogP contribution is -2.20. The summed E-state index contributed by atoms with van der Waals surface area (Å²) in [5, 5.41) is 3.30. The Morgan fingerprint density at radius 3 is 2.39 bits per heavy atom. The number of benzene rings is 3. The molecule has 0 bridgehead atoms. The van der Waals surface area contributed by atoms with Crippen molar-refractivity contribution in [2.75, 3.05) is 11.9 Å². The van der Waals surface area contributed by atoms with Crippen LogP contribution in [0, 0.1) is 0 Å². The van der Waals surface area contributed by atoms with Gasteiger partial charge in [-0.2, -0.15) is 0 Å². The number of anilines is 1. The summed E-state index contributed by atoms with van der Waals surface area (Å²) in [6, 6.07) is 20.5. The molecular formula is C21H17ClN2O4. The fourth-order valence-electron chi connectivity index (χ4n) is 2.35. The Labute approximate surface area is 166 Å². The molecule has 2 amide bonds. The molecule has 0 aliphatic rings. The van der Waals surface area contributed by atoms with Crippen LogP contribution in [0.15, 0.2) is 72.8 Å². The summed E-state index contributed by atoms with van der Waals surface area (Å²) >= 11 is 6.08. The first-order chi connectivity index (χ1) is 13.5. The van der Waals surface area contributed by atoms with Gasteiger partial charge in [-0.25, -0.2) is 0 Å². The van der Waals surface area contributed by atoms with E-state index in [1.807, 2.05) is 12.1 Å². The van der Waals surface area contributed by atoms with Gasteiger partial charge in [0.05, 0.1) is 5.02 Å². The van der Waals surface area contributed by atoms with Crippen LogP contribution in [0.1, 0.15) is 10.4 Å². The predicted octanol–water partition coefficient (Wildman–Crippen LogP) is 4.25. The first-order valence-corrected chi connectivity index (χ1v) is 8.74. The topological polar surface area (TPSA) is 90.7 Å². The van der Waals surface area contributed by atoms with Crippen LogP contribution >= 0.6 is 11.6 Å². The number of hydrogen-bond acceptors (Lipinski definition) is 4. The molecule has 7 heteroatoms. The normalized spacial score (nSPS) is 10.2. The van der Waals surface area contributed by atoms with E-state index in [9.17, 15) is 9.59 Å².